The van der Waals surface area contributed by atoms with Crippen molar-refractivity contribution < 1.29 is 61.1 Å². The van der Waals surface area contributed by atoms with Crippen LogP contribution in [0.25, 0.3) is 0 Å². The lowest BCUT2D eigenvalue weighted by Crippen LogP contribution is -2.48. The number of carbonyl (C=O) groups excluding carboxylic acids is 3. The molecule has 0 bridgehead atoms. The molecule has 2 aromatic rings. The van der Waals surface area contributed by atoms with E-state index in [1.165, 1.54) is 6.20 Å². The van der Waals surface area contributed by atoms with Gasteiger partial charge in [0.1, 0.15) is 17.2 Å². The fraction of sp³-hybridized carbons (Fsp3) is 0.576. The van der Waals surface area contributed by atoms with Gasteiger partial charge in [-0.05, 0) is 58.9 Å². The Morgan fingerprint density at radius 2 is 1.31 bits per heavy atom. The molecule has 19 heteroatoms. The van der Waals surface area contributed by atoms with Crippen LogP contribution in [0.4, 0.5) is 29.6 Å². The number of alkyl halides is 3. The number of carboxylic acid groups (broad SMARTS) is 1. The van der Waals surface area contributed by atoms with Crippen LogP contribution in [0, 0.1) is 0 Å². The van der Waals surface area contributed by atoms with Gasteiger partial charge in [-0.3, -0.25) is 0 Å². The van der Waals surface area contributed by atoms with Crippen molar-refractivity contribution in [1.29, 1.82) is 0 Å². The summed E-state index contributed by atoms with van der Waals surface area (Å²) in [4.78, 5) is 56.7. The Kier molecular flexibility index (Phi) is 17.5. The van der Waals surface area contributed by atoms with E-state index in [9.17, 15) is 27.6 Å². The fourth-order valence-electron chi connectivity index (χ4n) is 4.45. The number of carboxylic acids is 1. The number of aromatic nitrogens is 2. The molecule has 2 aliphatic heterocycles. The Bertz CT molecular complexity index is 1430. The van der Waals surface area contributed by atoms with E-state index in [0.29, 0.717) is 63.7 Å². The van der Waals surface area contributed by atoms with E-state index in [4.69, 9.17) is 39.3 Å². The molecule has 4 rings (SSSR count). The van der Waals surface area contributed by atoms with E-state index in [1.54, 1.807) is 38.2 Å². The van der Waals surface area contributed by atoms with E-state index in [-0.39, 0.29) is 24.1 Å². The molecule has 2 fully saturated rings. The number of nitrogens with two attached hydrogens (primary N) is 1. The molecule has 2 aliphatic rings. The summed E-state index contributed by atoms with van der Waals surface area (Å²) in [7, 11) is 0. The van der Waals surface area contributed by atoms with Crippen LogP contribution in [0.15, 0.2) is 36.7 Å². The maximum absolute atomic E-state index is 11.7. The van der Waals surface area contributed by atoms with Gasteiger partial charge in [0.2, 0.25) is 0 Å². The van der Waals surface area contributed by atoms with Crippen LogP contribution in [0.3, 0.4) is 0 Å². The Balaban J connectivity index is 0.000000314. The normalized spacial score (nSPS) is 17.3. The molecule has 0 aromatic carbocycles. The summed E-state index contributed by atoms with van der Waals surface area (Å²) in [5.74, 6) is -1.90. The summed E-state index contributed by atoms with van der Waals surface area (Å²) in [6.07, 6.45) is -2.62. The second-order valence-electron chi connectivity index (χ2n) is 12.1. The molecular weight excluding hydrogens is 697 g/mol. The van der Waals surface area contributed by atoms with Crippen molar-refractivity contribution in [1.82, 2.24) is 15.3 Å². The zero-order chi connectivity index (χ0) is 38.9. The van der Waals surface area contributed by atoms with Gasteiger partial charge in [0.15, 0.2) is 0 Å². The largest absolute Gasteiger partial charge is 0.490 e. The first-order valence-corrected chi connectivity index (χ1v) is 16.4. The number of pyridine rings is 2. The molecule has 0 spiro atoms. The van der Waals surface area contributed by atoms with Crippen LogP contribution < -0.4 is 20.9 Å². The maximum atomic E-state index is 11.7. The van der Waals surface area contributed by atoms with Crippen molar-refractivity contribution in [3.05, 3.63) is 47.8 Å². The molecule has 2 atom stereocenters. The molecule has 16 nitrogen and oxygen atoms in total. The molecule has 2 aromatic heterocycles. The number of carbonyl (C=O) groups is 4. The second-order valence-corrected chi connectivity index (χ2v) is 12.1. The minimum atomic E-state index is -5.08. The van der Waals surface area contributed by atoms with Crippen molar-refractivity contribution in [3.63, 3.8) is 0 Å². The first-order valence-electron chi connectivity index (χ1n) is 16.4. The number of hydrogen-bond acceptors (Lipinski definition) is 14. The van der Waals surface area contributed by atoms with Crippen LogP contribution in [0.1, 0.15) is 55.3 Å². The van der Waals surface area contributed by atoms with Crippen molar-refractivity contribution in [2.24, 2.45) is 5.73 Å². The maximum Gasteiger partial charge on any atom is 0.490 e. The Hall–Kier alpha value is -4.75. The SMILES string of the molecule is CCOC(=O)c1ccc(N2CCOC(CN)C2)nc1.CCOC(=O)c1ccc(N2CCOC(CNC(=O)OC(C)(C)C)C2)nc1.O=C(O)C(F)(F)F. The van der Waals surface area contributed by atoms with E-state index in [2.05, 4.69) is 25.1 Å². The smallest absolute Gasteiger partial charge is 0.475 e. The molecule has 4 N–H and O–H groups in total. The van der Waals surface area contributed by atoms with Crippen LogP contribution in [-0.4, -0.2) is 129 Å². The zero-order valence-corrected chi connectivity index (χ0v) is 29.8. The summed E-state index contributed by atoms with van der Waals surface area (Å²) in [5.41, 5.74) is 5.96. The first kappa shape index (κ1) is 43.4. The summed E-state index contributed by atoms with van der Waals surface area (Å²) in [6.45, 7) is 14.5. The van der Waals surface area contributed by atoms with Gasteiger partial charge in [0.25, 0.3) is 0 Å². The van der Waals surface area contributed by atoms with Gasteiger partial charge in [-0.2, -0.15) is 13.2 Å². The third-order valence-corrected chi connectivity index (χ3v) is 6.82. The monoisotopic (exact) mass is 744 g/mol. The van der Waals surface area contributed by atoms with Gasteiger partial charge in [-0.25, -0.2) is 29.1 Å². The van der Waals surface area contributed by atoms with Crippen LogP contribution in [0.2, 0.25) is 0 Å². The van der Waals surface area contributed by atoms with Crippen molar-refractivity contribution >= 4 is 35.6 Å². The van der Waals surface area contributed by atoms with Crippen molar-refractivity contribution in [2.45, 2.75) is 58.6 Å². The summed E-state index contributed by atoms with van der Waals surface area (Å²) in [5, 5.41) is 9.85. The van der Waals surface area contributed by atoms with Gasteiger partial charge in [-0.15, -0.1) is 0 Å². The molecule has 2 saturated heterocycles. The molecule has 4 heterocycles. The second kappa shape index (κ2) is 20.9. The highest BCUT2D eigenvalue weighted by Crippen LogP contribution is 2.18. The van der Waals surface area contributed by atoms with E-state index in [1.807, 2.05) is 26.8 Å². The van der Waals surface area contributed by atoms with Crippen molar-refractivity contribution in [2.75, 3.05) is 75.5 Å². The van der Waals surface area contributed by atoms with Gasteiger partial charge >= 0.3 is 30.2 Å². The summed E-state index contributed by atoms with van der Waals surface area (Å²) >= 11 is 0. The third kappa shape index (κ3) is 15.6. The number of ether oxygens (including phenoxy) is 5. The number of alkyl carbamates (subject to hydrolysis) is 1. The summed E-state index contributed by atoms with van der Waals surface area (Å²) in [6, 6.07) is 7.04. The highest BCUT2D eigenvalue weighted by molar-refractivity contribution is 5.89. The number of halogens is 3. The topological polar surface area (TPSA) is 205 Å². The number of aliphatic carboxylic acids is 1. The van der Waals surface area contributed by atoms with Crippen molar-refractivity contribution in [3.8, 4) is 0 Å². The number of amides is 1. The van der Waals surface area contributed by atoms with Crippen LogP contribution in [-0.2, 0) is 28.5 Å². The quantitative estimate of drug-likeness (QED) is 0.249. The molecule has 2 unspecified atom stereocenters. The average molecular weight is 745 g/mol. The predicted molar refractivity (Wildman–Crippen MR) is 181 cm³/mol. The fourth-order valence-corrected chi connectivity index (χ4v) is 4.45. The minimum absolute atomic E-state index is 0.0419. The Morgan fingerprint density at radius 3 is 1.67 bits per heavy atom. The van der Waals surface area contributed by atoms with Gasteiger partial charge in [0, 0.05) is 51.7 Å². The molecule has 52 heavy (non-hydrogen) atoms. The Morgan fingerprint density at radius 1 is 0.865 bits per heavy atom. The number of rotatable bonds is 9. The number of anilines is 2. The lowest BCUT2D eigenvalue weighted by Gasteiger charge is -2.34. The number of esters is 2. The van der Waals surface area contributed by atoms with E-state index >= 15 is 0 Å². The highest BCUT2D eigenvalue weighted by atomic mass is 19.4. The number of nitrogens with zero attached hydrogens (tertiary/aromatic N) is 4. The average Bonchev–Trinajstić information content (AvgIpc) is 3.11. The van der Waals surface area contributed by atoms with Crippen LogP contribution in [0.5, 0.6) is 0 Å². The van der Waals surface area contributed by atoms with Gasteiger partial charge < -0.3 is 49.6 Å². The standard InChI is InChI=1S/C18H27N3O5.C13H19N3O3.C2HF3O2/c1-5-24-16(22)13-6-7-15(19-10-13)21-8-9-25-14(12-21)11-20-17(23)26-18(2,3)4;1-2-18-13(17)10-3-4-12(15-8-10)16-5-6-19-11(7-14)9-16;3-2(4,5)1(6)7/h6-7,10,14H,5,8-9,11-12H2,1-4H3,(H,20,23);3-4,8,11H,2,5-7,9,14H2,1H3;(H,6,7). The van der Waals surface area contributed by atoms with E-state index in [0.717, 1.165) is 24.7 Å². The molecule has 0 saturated carbocycles. The molecule has 0 aliphatic carbocycles. The minimum Gasteiger partial charge on any atom is -0.475 e. The lowest BCUT2D eigenvalue weighted by molar-refractivity contribution is -0.192. The predicted octanol–water partition coefficient (Wildman–Crippen LogP) is 3.04. The van der Waals surface area contributed by atoms with E-state index < -0.39 is 23.8 Å². The van der Waals surface area contributed by atoms with Crippen LogP contribution >= 0.6 is 0 Å². The molecule has 290 valence electrons. The van der Waals surface area contributed by atoms with Gasteiger partial charge in [0.05, 0.1) is 49.8 Å². The zero-order valence-electron chi connectivity index (χ0n) is 29.8. The Labute approximate surface area is 299 Å². The summed E-state index contributed by atoms with van der Waals surface area (Å²) < 4.78 is 58.0. The number of nitrogens with one attached hydrogen (secondary N) is 1. The first-order chi connectivity index (χ1) is 24.5. The lowest BCUT2D eigenvalue weighted by atomic mass is 10.2. The third-order valence-electron chi connectivity index (χ3n) is 6.82. The highest BCUT2D eigenvalue weighted by Gasteiger charge is 2.38. The molecular formula is C33H47F3N6O10. The number of morpholine rings is 2. The number of hydrogen-bond donors (Lipinski definition) is 3. The van der Waals surface area contributed by atoms with Gasteiger partial charge in [-0.1, -0.05) is 0 Å². The molecule has 0 radical (unpaired) electrons. The molecule has 1 amide bonds.